The van der Waals surface area contributed by atoms with Crippen molar-refractivity contribution in [2.75, 3.05) is 39.9 Å². The van der Waals surface area contributed by atoms with Crippen molar-refractivity contribution < 1.29 is 14.6 Å². The molecule has 2 atom stereocenters. The molecule has 0 spiro atoms. The van der Waals surface area contributed by atoms with Crippen LogP contribution in [-0.2, 0) is 9.53 Å². The van der Waals surface area contributed by atoms with Crippen molar-refractivity contribution in [3.05, 3.63) is 0 Å². The number of carbonyl (C=O) groups is 1. The summed E-state index contributed by atoms with van der Waals surface area (Å²) < 4.78 is 5.25. The molecule has 1 heterocycles. The molecular formula is C16H32N2O3. The van der Waals surface area contributed by atoms with Crippen molar-refractivity contribution in [2.45, 2.75) is 51.5 Å². The van der Waals surface area contributed by atoms with E-state index < -0.39 is 11.5 Å². The second-order valence-electron chi connectivity index (χ2n) is 6.39. The number of hydrogen-bond acceptors (Lipinski definition) is 4. The van der Waals surface area contributed by atoms with E-state index in [0.717, 1.165) is 32.5 Å². The molecule has 1 aliphatic rings. The third-order valence-corrected chi connectivity index (χ3v) is 4.45. The lowest BCUT2D eigenvalue weighted by Crippen LogP contribution is -2.49. The first-order valence-corrected chi connectivity index (χ1v) is 8.21. The fourth-order valence-electron chi connectivity index (χ4n) is 3.20. The van der Waals surface area contributed by atoms with E-state index in [4.69, 9.17) is 4.74 Å². The maximum absolute atomic E-state index is 11.3. The highest BCUT2D eigenvalue weighted by Gasteiger charge is 2.31. The molecule has 2 unspecified atom stereocenters. The Labute approximate surface area is 129 Å². The van der Waals surface area contributed by atoms with Crippen LogP contribution in [0.3, 0.4) is 0 Å². The molecule has 0 radical (unpaired) electrons. The number of likely N-dealkylation sites (N-methyl/N-ethyl adjacent to an activating group) is 1. The zero-order chi connectivity index (χ0) is 15.7. The van der Waals surface area contributed by atoms with Gasteiger partial charge in [0.05, 0.1) is 6.61 Å². The van der Waals surface area contributed by atoms with Crippen molar-refractivity contribution in [1.29, 1.82) is 0 Å². The molecule has 124 valence electrons. The molecule has 0 aromatic carbocycles. The molecule has 0 aromatic heterocycles. The van der Waals surface area contributed by atoms with Crippen LogP contribution < -0.4 is 5.32 Å². The molecule has 0 aromatic rings. The minimum absolute atomic E-state index is 0.662. The molecule has 0 amide bonds. The van der Waals surface area contributed by atoms with Gasteiger partial charge in [-0.25, -0.2) is 0 Å². The SMILES string of the molecule is CCNC(C)(CCCCN1CCCC(COC)C1)C(=O)O. The van der Waals surface area contributed by atoms with Crippen LogP contribution >= 0.6 is 0 Å². The normalized spacial score (nSPS) is 22.9. The number of aliphatic carboxylic acids is 1. The summed E-state index contributed by atoms with van der Waals surface area (Å²) in [7, 11) is 1.77. The Balaban J connectivity index is 2.25. The fourth-order valence-corrected chi connectivity index (χ4v) is 3.20. The van der Waals surface area contributed by atoms with Crippen LogP contribution in [0.1, 0.15) is 46.0 Å². The van der Waals surface area contributed by atoms with E-state index in [1.165, 1.54) is 19.4 Å². The predicted octanol–water partition coefficient (Wildman–Crippen LogP) is 1.97. The average molecular weight is 300 g/mol. The van der Waals surface area contributed by atoms with Crippen molar-refractivity contribution in [1.82, 2.24) is 10.2 Å². The summed E-state index contributed by atoms with van der Waals surface area (Å²) in [5, 5.41) is 12.4. The van der Waals surface area contributed by atoms with Crippen LogP contribution in [-0.4, -0.2) is 61.4 Å². The van der Waals surface area contributed by atoms with E-state index in [2.05, 4.69) is 10.2 Å². The third-order valence-electron chi connectivity index (χ3n) is 4.45. The first kappa shape index (κ1) is 18.4. The molecule has 0 saturated carbocycles. The van der Waals surface area contributed by atoms with Gasteiger partial charge in [-0.1, -0.05) is 6.92 Å². The molecule has 1 aliphatic heterocycles. The Kier molecular flexibility index (Phi) is 8.22. The zero-order valence-electron chi connectivity index (χ0n) is 13.9. The van der Waals surface area contributed by atoms with Crippen LogP contribution in [0.5, 0.6) is 0 Å². The van der Waals surface area contributed by atoms with Gasteiger partial charge < -0.3 is 20.1 Å². The smallest absolute Gasteiger partial charge is 0.323 e. The minimum Gasteiger partial charge on any atom is -0.480 e. The summed E-state index contributed by atoms with van der Waals surface area (Å²) in [4.78, 5) is 13.8. The number of nitrogens with one attached hydrogen (secondary N) is 1. The highest BCUT2D eigenvalue weighted by atomic mass is 16.5. The summed E-state index contributed by atoms with van der Waals surface area (Å²) >= 11 is 0. The Morgan fingerprint density at radius 2 is 2.24 bits per heavy atom. The molecule has 0 aliphatic carbocycles. The maximum atomic E-state index is 11.3. The minimum atomic E-state index is -0.783. The number of hydrogen-bond donors (Lipinski definition) is 2. The Hall–Kier alpha value is -0.650. The molecule has 2 N–H and O–H groups in total. The molecule has 5 nitrogen and oxygen atoms in total. The fraction of sp³-hybridized carbons (Fsp3) is 0.938. The zero-order valence-corrected chi connectivity index (χ0v) is 13.9. The first-order valence-electron chi connectivity index (χ1n) is 8.21. The van der Waals surface area contributed by atoms with Crippen LogP contribution in [0, 0.1) is 5.92 Å². The van der Waals surface area contributed by atoms with E-state index >= 15 is 0 Å². The second kappa shape index (κ2) is 9.38. The van der Waals surface area contributed by atoms with Crippen LogP contribution in [0.25, 0.3) is 0 Å². The predicted molar refractivity (Wildman–Crippen MR) is 84.6 cm³/mol. The number of likely N-dealkylation sites (tertiary alicyclic amines) is 1. The van der Waals surface area contributed by atoms with Gasteiger partial charge in [-0.15, -0.1) is 0 Å². The molecule has 0 bridgehead atoms. The second-order valence-corrected chi connectivity index (χ2v) is 6.39. The topological polar surface area (TPSA) is 61.8 Å². The number of ether oxygens (including phenoxy) is 1. The number of carboxylic acid groups (broad SMARTS) is 1. The van der Waals surface area contributed by atoms with E-state index in [-0.39, 0.29) is 0 Å². The average Bonchev–Trinajstić information content (AvgIpc) is 2.45. The number of nitrogens with zero attached hydrogens (tertiary/aromatic N) is 1. The van der Waals surface area contributed by atoms with Gasteiger partial charge in [0.15, 0.2) is 0 Å². The summed E-state index contributed by atoms with van der Waals surface area (Å²) in [6, 6.07) is 0. The Bertz CT molecular complexity index is 310. The number of carboxylic acids is 1. The molecule has 1 saturated heterocycles. The first-order chi connectivity index (χ1) is 10.0. The molecule has 5 heteroatoms. The van der Waals surface area contributed by atoms with Crippen LogP contribution in [0.2, 0.25) is 0 Å². The number of rotatable bonds is 10. The van der Waals surface area contributed by atoms with E-state index in [9.17, 15) is 9.90 Å². The van der Waals surface area contributed by atoms with Gasteiger partial charge in [-0.3, -0.25) is 4.79 Å². The van der Waals surface area contributed by atoms with Gasteiger partial charge >= 0.3 is 5.97 Å². The lowest BCUT2D eigenvalue weighted by Gasteiger charge is -2.32. The monoisotopic (exact) mass is 300 g/mol. The van der Waals surface area contributed by atoms with Crippen molar-refractivity contribution in [3.63, 3.8) is 0 Å². The lowest BCUT2D eigenvalue weighted by atomic mass is 9.94. The van der Waals surface area contributed by atoms with Crippen molar-refractivity contribution in [2.24, 2.45) is 5.92 Å². The summed E-state index contributed by atoms with van der Waals surface area (Å²) in [6.45, 7) is 8.64. The van der Waals surface area contributed by atoms with Gasteiger partial charge in [0.1, 0.15) is 5.54 Å². The van der Waals surface area contributed by atoms with Gasteiger partial charge in [0, 0.05) is 13.7 Å². The van der Waals surface area contributed by atoms with Crippen LogP contribution in [0.4, 0.5) is 0 Å². The summed E-state index contributed by atoms with van der Waals surface area (Å²) in [6.07, 6.45) is 5.21. The van der Waals surface area contributed by atoms with Crippen molar-refractivity contribution >= 4 is 5.97 Å². The number of unbranched alkanes of at least 4 members (excludes halogenated alkanes) is 1. The molecule has 1 rings (SSSR count). The van der Waals surface area contributed by atoms with E-state index in [1.54, 1.807) is 14.0 Å². The maximum Gasteiger partial charge on any atom is 0.323 e. The highest BCUT2D eigenvalue weighted by Crippen LogP contribution is 2.19. The van der Waals surface area contributed by atoms with Crippen molar-refractivity contribution in [3.8, 4) is 0 Å². The molecular weight excluding hydrogens is 268 g/mol. The van der Waals surface area contributed by atoms with E-state index in [0.29, 0.717) is 18.9 Å². The molecule has 1 fully saturated rings. The van der Waals surface area contributed by atoms with E-state index in [1.807, 2.05) is 6.92 Å². The summed E-state index contributed by atoms with van der Waals surface area (Å²) in [5.41, 5.74) is -0.783. The largest absolute Gasteiger partial charge is 0.480 e. The quantitative estimate of drug-likeness (QED) is 0.604. The third kappa shape index (κ3) is 6.32. The van der Waals surface area contributed by atoms with Gasteiger partial charge in [0.25, 0.3) is 0 Å². The number of piperidine rings is 1. The van der Waals surface area contributed by atoms with Gasteiger partial charge in [-0.05, 0) is 64.6 Å². The highest BCUT2D eigenvalue weighted by molar-refractivity contribution is 5.78. The lowest BCUT2D eigenvalue weighted by molar-refractivity contribution is -0.144. The molecule has 21 heavy (non-hydrogen) atoms. The Morgan fingerprint density at radius 1 is 1.48 bits per heavy atom. The number of methoxy groups -OCH3 is 1. The van der Waals surface area contributed by atoms with Gasteiger partial charge in [-0.2, -0.15) is 0 Å². The van der Waals surface area contributed by atoms with Crippen LogP contribution in [0.15, 0.2) is 0 Å². The summed E-state index contributed by atoms with van der Waals surface area (Å²) in [5.74, 6) is -0.0859. The van der Waals surface area contributed by atoms with Gasteiger partial charge in [0.2, 0.25) is 0 Å². The Morgan fingerprint density at radius 3 is 2.86 bits per heavy atom. The standard InChI is InChI=1S/C16H32N2O3/c1-4-17-16(2,15(19)20)9-5-6-10-18-11-7-8-14(12-18)13-21-3/h14,17H,4-13H2,1-3H3,(H,19,20).